The normalized spacial score (nSPS) is 12.0. The van der Waals surface area contributed by atoms with Crippen molar-refractivity contribution in [3.8, 4) is 0 Å². The van der Waals surface area contributed by atoms with Crippen molar-refractivity contribution in [3.05, 3.63) is 15.3 Å². The van der Waals surface area contributed by atoms with Gasteiger partial charge in [0.05, 0.1) is 29.3 Å². The molecule has 0 aromatic carbocycles. The first-order valence-corrected chi connectivity index (χ1v) is 6.20. The fourth-order valence-electron chi connectivity index (χ4n) is 3.58. The van der Waals surface area contributed by atoms with Crippen molar-refractivity contribution in [1.29, 1.82) is 0 Å². The van der Waals surface area contributed by atoms with Gasteiger partial charge < -0.3 is 19.8 Å². The van der Waals surface area contributed by atoms with Crippen molar-refractivity contribution >= 4 is 0 Å². The Bertz CT molecular complexity index is 184. The van der Waals surface area contributed by atoms with E-state index in [1.54, 1.807) is 0 Å². The summed E-state index contributed by atoms with van der Waals surface area (Å²) in [6.45, 7) is 18.8. The maximum Gasteiger partial charge on any atom is 0.0839 e. The van der Waals surface area contributed by atoms with Crippen LogP contribution in [0, 0.1) is 15.3 Å². The SMILES string of the molecule is CC(C)[N+](C(C)C)(C(C)C)C(C)C.O=[N+]([O-])[O-]. The first-order chi connectivity index (χ1) is 7.51. The Balaban J connectivity index is 0. The van der Waals surface area contributed by atoms with Crippen molar-refractivity contribution in [1.82, 2.24) is 0 Å². The topological polar surface area (TPSA) is 66.2 Å². The molecule has 0 radical (unpaired) electrons. The van der Waals surface area contributed by atoms with Crippen molar-refractivity contribution < 1.29 is 9.57 Å². The van der Waals surface area contributed by atoms with Gasteiger partial charge in [-0.25, -0.2) is 0 Å². The molecule has 0 fully saturated rings. The molecule has 0 amide bonds. The smallest absolute Gasteiger partial charge is 0.0839 e. The van der Waals surface area contributed by atoms with Gasteiger partial charge in [0.1, 0.15) is 0 Å². The van der Waals surface area contributed by atoms with Crippen LogP contribution in [0.4, 0.5) is 0 Å². The van der Waals surface area contributed by atoms with Crippen molar-refractivity contribution in [3.63, 3.8) is 0 Å². The van der Waals surface area contributed by atoms with Gasteiger partial charge in [0.25, 0.3) is 0 Å². The Hall–Kier alpha value is -0.840. The number of hydrogen-bond acceptors (Lipinski definition) is 3. The van der Waals surface area contributed by atoms with E-state index in [1.165, 1.54) is 4.48 Å². The molecule has 5 heteroatoms. The maximum atomic E-state index is 8.25. The summed E-state index contributed by atoms with van der Waals surface area (Å²) in [4.78, 5) is 8.25. The van der Waals surface area contributed by atoms with Gasteiger partial charge in [-0.2, -0.15) is 0 Å². The average molecular weight is 248 g/mol. The Morgan fingerprint density at radius 1 is 0.706 bits per heavy atom. The van der Waals surface area contributed by atoms with Gasteiger partial charge in [0.15, 0.2) is 0 Å². The largest absolute Gasteiger partial charge is 0.356 e. The van der Waals surface area contributed by atoms with E-state index in [4.69, 9.17) is 15.3 Å². The summed E-state index contributed by atoms with van der Waals surface area (Å²) < 4.78 is 1.22. The zero-order valence-corrected chi connectivity index (χ0v) is 12.4. The maximum absolute atomic E-state index is 8.25. The van der Waals surface area contributed by atoms with Crippen LogP contribution in [-0.2, 0) is 0 Å². The van der Waals surface area contributed by atoms with E-state index >= 15 is 0 Å². The summed E-state index contributed by atoms with van der Waals surface area (Å²) in [6.07, 6.45) is 0. The van der Waals surface area contributed by atoms with Crippen LogP contribution in [0.2, 0.25) is 0 Å². The molecule has 0 bridgehead atoms. The summed E-state index contributed by atoms with van der Waals surface area (Å²) in [5.74, 6) is 0. The van der Waals surface area contributed by atoms with Crippen LogP contribution in [0.25, 0.3) is 0 Å². The predicted octanol–water partition coefficient (Wildman–Crippen LogP) is 3.20. The third-order valence-electron chi connectivity index (χ3n) is 3.58. The van der Waals surface area contributed by atoms with E-state index in [2.05, 4.69) is 55.4 Å². The molecular weight excluding hydrogens is 220 g/mol. The molecule has 0 spiro atoms. The summed E-state index contributed by atoms with van der Waals surface area (Å²) in [7, 11) is 0. The third kappa shape index (κ3) is 4.89. The van der Waals surface area contributed by atoms with Crippen LogP contribution < -0.4 is 0 Å². The number of rotatable bonds is 4. The molecule has 5 nitrogen and oxygen atoms in total. The standard InChI is InChI=1S/C12H28N.NO3/c1-9(2)13(10(3)4,11(5)6)12(7)8;2-1(3)4/h9-12H,1-8H3;/q+1;-1. The average Bonchev–Trinajstić information content (AvgIpc) is 1.98. The van der Waals surface area contributed by atoms with Gasteiger partial charge in [-0.1, -0.05) is 0 Å². The van der Waals surface area contributed by atoms with Gasteiger partial charge in [0, 0.05) is 0 Å². The Morgan fingerprint density at radius 2 is 0.824 bits per heavy atom. The number of hydrogen-bond donors (Lipinski definition) is 0. The minimum absolute atomic E-state index is 0.708. The quantitative estimate of drug-likeness (QED) is 0.436. The second-order valence-corrected chi connectivity index (χ2v) is 5.49. The Kier molecular flexibility index (Phi) is 8.15. The highest BCUT2D eigenvalue weighted by atomic mass is 16.9. The highest BCUT2D eigenvalue weighted by Crippen LogP contribution is 2.28. The van der Waals surface area contributed by atoms with Crippen LogP contribution in [-0.4, -0.2) is 33.7 Å². The highest BCUT2D eigenvalue weighted by molar-refractivity contribution is 4.61. The molecule has 17 heavy (non-hydrogen) atoms. The van der Waals surface area contributed by atoms with E-state index < -0.39 is 5.09 Å². The van der Waals surface area contributed by atoms with Crippen LogP contribution in [0.3, 0.4) is 0 Å². The molecule has 0 aromatic heterocycles. The second kappa shape index (κ2) is 7.48. The molecule has 0 rings (SSSR count). The predicted molar refractivity (Wildman–Crippen MR) is 71.2 cm³/mol. The number of quaternary nitrogens is 1. The molecule has 0 aliphatic heterocycles. The van der Waals surface area contributed by atoms with Crippen LogP contribution in [0.5, 0.6) is 0 Å². The van der Waals surface area contributed by atoms with Crippen molar-refractivity contribution in [2.45, 2.75) is 79.6 Å². The van der Waals surface area contributed by atoms with E-state index in [-0.39, 0.29) is 0 Å². The van der Waals surface area contributed by atoms with E-state index in [9.17, 15) is 0 Å². The lowest BCUT2D eigenvalue weighted by Crippen LogP contribution is -2.65. The van der Waals surface area contributed by atoms with Crippen LogP contribution in [0.1, 0.15) is 55.4 Å². The molecule has 0 aromatic rings. The Morgan fingerprint density at radius 3 is 0.824 bits per heavy atom. The second-order valence-electron chi connectivity index (χ2n) is 5.49. The molecule has 0 heterocycles. The fourth-order valence-corrected chi connectivity index (χ4v) is 3.58. The molecule has 0 aliphatic rings. The molecule has 0 atom stereocenters. The van der Waals surface area contributed by atoms with Gasteiger partial charge in [-0.05, 0) is 55.4 Å². The molecule has 0 N–H and O–H groups in total. The van der Waals surface area contributed by atoms with Crippen LogP contribution in [0.15, 0.2) is 0 Å². The lowest BCUT2D eigenvalue weighted by molar-refractivity contribution is -1.00. The zero-order valence-electron chi connectivity index (χ0n) is 12.4. The third-order valence-corrected chi connectivity index (χ3v) is 3.58. The van der Waals surface area contributed by atoms with Crippen molar-refractivity contribution in [2.24, 2.45) is 0 Å². The first-order valence-electron chi connectivity index (χ1n) is 6.20. The first kappa shape index (κ1) is 18.5. The zero-order chi connectivity index (χ0) is 14.4. The molecular formula is C12H28N2O3. The summed E-state index contributed by atoms with van der Waals surface area (Å²) in [6, 6.07) is 2.83. The van der Waals surface area contributed by atoms with Gasteiger partial charge in [0.2, 0.25) is 0 Å². The molecule has 0 saturated carbocycles. The van der Waals surface area contributed by atoms with E-state index in [1.807, 2.05) is 0 Å². The molecule has 104 valence electrons. The van der Waals surface area contributed by atoms with E-state index in [0.717, 1.165) is 0 Å². The summed E-state index contributed by atoms with van der Waals surface area (Å²) in [5.41, 5.74) is 0. The minimum Gasteiger partial charge on any atom is -0.356 e. The highest BCUT2D eigenvalue weighted by Gasteiger charge is 2.40. The molecule has 0 saturated heterocycles. The molecule has 0 aliphatic carbocycles. The van der Waals surface area contributed by atoms with E-state index in [0.29, 0.717) is 24.2 Å². The van der Waals surface area contributed by atoms with Gasteiger partial charge in [-0.15, -0.1) is 0 Å². The van der Waals surface area contributed by atoms with Gasteiger partial charge in [-0.3, -0.25) is 0 Å². The minimum atomic E-state index is -1.75. The Labute approximate surface area is 105 Å². The lowest BCUT2D eigenvalue weighted by atomic mass is 10.0. The van der Waals surface area contributed by atoms with Crippen molar-refractivity contribution in [2.75, 3.05) is 0 Å². The van der Waals surface area contributed by atoms with Crippen LogP contribution >= 0.6 is 0 Å². The summed E-state index contributed by atoms with van der Waals surface area (Å²) >= 11 is 0. The fraction of sp³-hybridized carbons (Fsp3) is 1.00. The number of nitrogens with zero attached hydrogens (tertiary/aromatic N) is 2. The molecule has 0 unspecified atom stereocenters. The monoisotopic (exact) mass is 248 g/mol. The summed E-state index contributed by atoms with van der Waals surface area (Å²) in [5, 5.41) is 14.8. The lowest BCUT2D eigenvalue weighted by Gasteiger charge is -2.52. The van der Waals surface area contributed by atoms with Gasteiger partial charge >= 0.3 is 0 Å².